The van der Waals surface area contributed by atoms with Crippen LogP contribution in [0.15, 0.2) is 48.5 Å². The zero-order valence-corrected chi connectivity index (χ0v) is 18.9. The molecule has 31 heavy (non-hydrogen) atoms. The van der Waals surface area contributed by atoms with Gasteiger partial charge in [0.1, 0.15) is 5.75 Å². The van der Waals surface area contributed by atoms with Gasteiger partial charge in [-0.25, -0.2) is 4.79 Å². The van der Waals surface area contributed by atoms with Gasteiger partial charge in [0.15, 0.2) is 5.11 Å². The summed E-state index contributed by atoms with van der Waals surface area (Å²) in [7, 11) is 1.66. The highest BCUT2D eigenvalue weighted by molar-refractivity contribution is 7.80. The Morgan fingerprint density at radius 2 is 1.87 bits per heavy atom. The summed E-state index contributed by atoms with van der Waals surface area (Å²) in [6, 6.07) is 14.9. The molecule has 0 aliphatic heterocycles. The fourth-order valence-electron chi connectivity index (χ4n) is 3.16. The van der Waals surface area contributed by atoms with E-state index in [-0.39, 0.29) is 5.97 Å². The Kier molecular flexibility index (Phi) is 7.25. The number of hydrogen-bond donors (Lipinski definition) is 2. The minimum Gasteiger partial charge on any atom is -0.497 e. The summed E-state index contributed by atoms with van der Waals surface area (Å²) in [4.78, 5) is 11.8. The Balaban J connectivity index is 1.67. The maximum atomic E-state index is 11.8. The number of esters is 1. The molecule has 0 aliphatic rings. The van der Waals surface area contributed by atoms with Gasteiger partial charge in [-0.05, 0) is 75.0 Å². The van der Waals surface area contributed by atoms with E-state index >= 15 is 0 Å². The van der Waals surface area contributed by atoms with E-state index in [0.717, 1.165) is 34.1 Å². The Bertz CT molecular complexity index is 1080. The third-order valence-corrected chi connectivity index (χ3v) is 4.94. The molecule has 0 radical (unpaired) electrons. The van der Waals surface area contributed by atoms with E-state index in [0.29, 0.717) is 23.8 Å². The van der Waals surface area contributed by atoms with Crippen LogP contribution in [0, 0.1) is 13.8 Å². The highest BCUT2D eigenvalue weighted by Crippen LogP contribution is 2.22. The van der Waals surface area contributed by atoms with E-state index in [1.54, 1.807) is 38.3 Å². The second-order valence-electron chi connectivity index (χ2n) is 6.93. The van der Waals surface area contributed by atoms with Crippen LogP contribution in [0.25, 0.3) is 0 Å². The van der Waals surface area contributed by atoms with Gasteiger partial charge >= 0.3 is 5.97 Å². The van der Waals surface area contributed by atoms with Crippen LogP contribution in [0.3, 0.4) is 0 Å². The number of hydrogen-bond acceptors (Lipinski definition) is 5. The minimum atomic E-state index is -0.343. The first kappa shape index (κ1) is 22.3. The lowest BCUT2D eigenvalue weighted by Crippen LogP contribution is -2.20. The van der Waals surface area contributed by atoms with E-state index in [1.807, 2.05) is 42.8 Å². The number of carbonyl (C=O) groups excluding carboxylic acids is 1. The molecule has 0 amide bonds. The van der Waals surface area contributed by atoms with Crippen molar-refractivity contribution in [1.29, 1.82) is 0 Å². The quantitative estimate of drug-likeness (QED) is 0.414. The third-order valence-electron chi connectivity index (χ3n) is 4.74. The largest absolute Gasteiger partial charge is 0.497 e. The van der Waals surface area contributed by atoms with Crippen LogP contribution >= 0.6 is 12.2 Å². The molecule has 2 aromatic carbocycles. The lowest BCUT2D eigenvalue weighted by atomic mass is 10.2. The molecule has 0 bridgehead atoms. The van der Waals surface area contributed by atoms with Gasteiger partial charge in [-0.3, -0.25) is 4.68 Å². The lowest BCUT2D eigenvalue weighted by molar-refractivity contribution is 0.0526. The normalized spacial score (nSPS) is 10.5. The molecule has 162 valence electrons. The highest BCUT2D eigenvalue weighted by atomic mass is 32.1. The fourth-order valence-corrected chi connectivity index (χ4v) is 3.38. The number of nitrogens with zero attached hydrogens (tertiary/aromatic N) is 2. The van der Waals surface area contributed by atoms with Crippen LogP contribution in [0.1, 0.15) is 34.2 Å². The molecule has 3 rings (SSSR count). The van der Waals surface area contributed by atoms with Gasteiger partial charge in [-0.1, -0.05) is 12.1 Å². The van der Waals surface area contributed by atoms with Crippen LogP contribution in [-0.4, -0.2) is 34.6 Å². The molecule has 2 N–H and O–H groups in total. The number of rotatable bonds is 7. The van der Waals surface area contributed by atoms with Crippen molar-refractivity contribution in [2.24, 2.45) is 0 Å². The molecule has 7 nitrogen and oxygen atoms in total. The zero-order chi connectivity index (χ0) is 22.4. The molecule has 1 heterocycles. The second kappa shape index (κ2) is 10.1. The van der Waals surface area contributed by atoms with Crippen molar-refractivity contribution in [3.05, 3.63) is 71.0 Å². The molecule has 0 aliphatic carbocycles. The number of carbonyl (C=O) groups is 1. The van der Waals surface area contributed by atoms with Crippen LogP contribution in [0.5, 0.6) is 5.75 Å². The first-order chi connectivity index (χ1) is 14.9. The molecule has 0 saturated carbocycles. The molecule has 0 saturated heterocycles. The molecule has 0 atom stereocenters. The van der Waals surface area contributed by atoms with Gasteiger partial charge in [0.05, 0.1) is 42.9 Å². The predicted octanol–water partition coefficient (Wildman–Crippen LogP) is 4.54. The van der Waals surface area contributed by atoms with Crippen LogP contribution < -0.4 is 15.4 Å². The Morgan fingerprint density at radius 1 is 1.13 bits per heavy atom. The third kappa shape index (κ3) is 5.61. The summed E-state index contributed by atoms with van der Waals surface area (Å²) < 4.78 is 12.2. The Labute approximate surface area is 187 Å². The number of benzene rings is 2. The number of anilines is 2. The van der Waals surface area contributed by atoms with Crippen molar-refractivity contribution in [2.75, 3.05) is 24.4 Å². The average molecular weight is 439 g/mol. The smallest absolute Gasteiger partial charge is 0.338 e. The fraction of sp³-hybridized carbons (Fsp3) is 0.261. The van der Waals surface area contributed by atoms with Crippen molar-refractivity contribution in [3.63, 3.8) is 0 Å². The van der Waals surface area contributed by atoms with Gasteiger partial charge in [0.25, 0.3) is 0 Å². The van der Waals surface area contributed by atoms with Crippen molar-refractivity contribution in [1.82, 2.24) is 9.78 Å². The van der Waals surface area contributed by atoms with E-state index in [9.17, 15) is 4.79 Å². The standard InChI is InChI=1S/C23H26N4O3S/c1-5-30-22(28)18-9-11-19(12-10-18)24-23(31)25-21-15(2)26-27(16(21)3)14-17-7-6-8-20(13-17)29-4/h6-13H,5,14H2,1-4H3,(H2,24,25,31). The number of aromatic nitrogens is 2. The first-order valence-electron chi connectivity index (χ1n) is 9.93. The zero-order valence-electron chi connectivity index (χ0n) is 18.1. The summed E-state index contributed by atoms with van der Waals surface area (Å²) >= 11 is 5.47. The van der Waals surface area contributed by atoms with Crippen molar-refractivity contribution < 1.29 is 14.3 Å². The molecule has 0 spiro atoms. The van der Waals surface area contributed by atoms with Gasteiger partial charge in [0, 0.05) is 5.69 Å². The van der Waals surface area contributed by atoms with Crippen LogP contribution in [-0.2, 0) is 11.3 Å². The minimum absolute atomic E-state index is 0.343. The van der Waals surface area contributed by atoms with Crippen LogP contribution in [0.2, 0.25) is 0 Å². The first-order valence-corrected chi connectivity index (χ1v) is 10.3. The number of ether oxygens (including phenoxy) is 2. The van der Waals surface area contributed by atoms with Crippen LogP contribution in [0.4, 0.5) is 11.4 Å². The average Bonchev–Trinajstić information content (AvgIpc) is 3.01. The summed E-state index contributed by atoms with van der Waals surface area (Å²) in [5.41, 5.74) is 5.05. The van der Waals surface area contributed by atoms with Gasteiger partial charge in [0.2, 0.25) is 0 Å². The summed E-state index contributed by atoms with van der Waals surface area (Å²) in [6.07, 6.45) is 0. The number of thiocarbonyl (C=S) groups is 1. The molecular weight excluding hydrogens is 412 g/mol. The van der Waals surface area contributed by atoms with Crippen molar-refractivity contribution in [2.45, 2.75) is 27.3 Å². The molecule has 8 heteroatoms. The van der Waals surface area contributed by atoms with Gasteiger partial charge in [-0.15, -0.1) is 0 Å². The number of nitrogens with one attached hydrogen (secondary N) is 2. The van der Waals surface area contributed by atoms with Gasteiger partial charge < -0.3 is 20.1 Å². The molecule has 1 aromatic heterocycles. The maximum absolute atomic E-state index is 11.8. The van der Waals surface area contributed by atoms with Gasteiger partial charge in [-0.2, -0.15) is 5.10 Å². The number of aryl methyl sites for hydroxylation is 1. The molecular formula is C23H26N4O3S. The highest BCUT2D eigenvalue weighted by Gasteiger charge is 2.14. The maximum Gasteiger partial charge on any atom is 0.338 e. The Morgan fingerprint density at radius 3 is 2.55 bits per heavy atom. The number of methoxy groups -OCH3 is 1. The lowest BCUT2D eigenvalue weighted by Gasteiger charge is -2.12. The molecule has 0 unspecified atom stereocenters. The predicted molar refractivity (Wildman–Crippen MR) is 126 cm³/mol. The van der Waals surface area contributed by atoms with Crippen molar-refractivity contribution >= 4 is 34.7 Å². The Hall–Kier alpha value is -3.39. The van der Waals surface area contributed by atoms with E-state index in [2.05, 4.69) is 15.7 Å². The van der Waals surface area contributed by atoms with E-state index in [4.69, 9.17) is 21.7 Å². The molecule has 3 aromatic rings. The topological polar surface area (TPSA) is 77.4 Å². The summed E-state index contributed by atoms with van der Waals surface area (Å²) in [5.74, 6) is 0.473. The van der Waals surface area contributed by atoms with E-state index < -0.39 is 0 Å². The molecule has 0 fully saturated rings. The van der Waals surface area contributed by atoms with Crippen molar-refractivity contribution in [3.8, 4) is 5.75 Å². The second-order valence-corrected chi connectivity index (χ2v) is 7.34. The van der Waals surface area contributed by atoms with E-state index in [1.165, 1.54) is 0 Å². The summed E-state index contributed by atoms with van der Waals surface area (Å²) in [5, 5.41) is 11.5. The SMILES string of the molecule is CCOC(=O)c1ccc(NC(=S)Nc2c(C)nn(Cc3cccc(OC)c3)c2C)cc1. The monoisotopic (exact) mass is 438 g/mol. The summed E-state index contributed by atoms with van der Waals surface area (Å²) in [6.45, 7) is 6.69.